The number of likely N-dealkylation sites (tertiary alicyclic amines) is 1. The Bertz CT molecular complexity index is 895. The molecule has 2 aliphatic heterocycles. The summed E-state index contributed by atoms with van der Waals surface area (Å²) >= 11 is 5.96. The van der Waals surface area contributed by atoms with E-state index in [1.165, 1.54) is 0 Å². The van der Waals surface area contributed by atoms with Gasteiger partial charge < -0.3 is 4.74 Å². The zero-order chi connectivity index (χ0) is 20.5. The van der Waals surface area contributed by atoms with Crippen LogP contribution in [0.5, 0.6) is 0 Å². The monoisotopic (exact) mass is 416 g/mol. The van der Waals surface area contributed by atoms with Gasteiger partial charge in [0.05, 0.1) is 11.6 Å². The molecule has 2 fully saturated rings. The van der Waals surface area contributed by atoms with E-state index in [4.69, 9.17) is 21.6 Å². The largest absolute Gasteiger partial charge is 0.365 e. The number of nitrogens with zero attached hydrogens (tertiary/aromatic N) is 2. The van der Waals surface area contributed by atoms with E-state index < -0.39 is 24.0 Å². The number of alkyl halides is 2. The molecule has 0 bridgehead atoms. The first-order valence-electron chi connectivity index (χ1n) is 9.86. The molecule has 3 nitrogen and oxygen atoms in total. The summed E-state index contributed by atoms with van der Waals surface area (Å²) in [4.78, 5) is 2.24. The topological polar surface area (TPSA) is 36.3 Å². The van der Waals surface area contributed by atoms with Gasteiger partial charge in [-0.15, -0.1) is 0 Å². The predicted molar refractivity (Wildman–Crippen MR) is 108 cm³/mol. The third-order valence-electron chi connectivity index (χ3n) is 6.16. The SMILES string of the molecule is N#Cc1ccc(CC[C@@]2(C3OCC3(F)F)CCN(Cc3ccc(Cl)cc3)C2)cc1. The Labute approximate surface area is 174 Å². The minimum absolute atomic E-state index is 0.479. The van der Waals surface area contributed by atoms with Crippen LogP contribution in [0.15, 0.2) is 48.5 Å². The van der Waals surface area contributed by atoms with Gasteiger partial charge in [-0.25, -0.2) is 8.78 Å². The van der Waals surface area contributed by atoms with E-state index >= 15 is 0 Å². The van der Waals surface area contributed by atoms with Gasteiger partial charge in [0.15, 0.2) is 0 Å². The average molecular weight is 417 g/mol. The van der Waals surface area contributed by atoms with E-state index in [1.54, 1.807) is 12.1 Å². The molecule has 2 aliphatic rings. The molecule has 2 heterocycles. The van der Waals surface area contributed by atoms with E-state index in [-0.39, 0.29) is 0 Å². The van der Waals surface area contributed by atoms with Gasteiger partial charge in [0.1, 0.15) is 12.7 Å². The first kappa shape index (κ1) is 20.3. The fourth-order valence-corrected chi connectivity index (χ4v) is 4.70. The van der Waals surface area contributed by atoms with Crippen LogP contribution in [0, 0.1) is 16.7 Å². The third kappa shape index (κ3) is 4.30. The number of benzene rings is 2. The van der Waals surface area contributed by atoms with Crippen LogP contribution in [0.3, 0.4) is 0 Å². The molecule has 152 valence electrons. The van der Waals surface area contributed by atoms with Gasteiger partial charge >= 0.3 is 0 Å². The van der Waals surface area contributed by atoms with Crippen LogP contribution < -0.4 is 0 Å². The molecule has 6 heteroatoms. The number of hydrogen-bond acceptors (Lipinski definition) is 3. The molecule has 29 heavy (non-hydrogen) atoms. The highest BCUT2D eigenvalue weighted by atomic mass is 35.5. The van der Waals surface area contributed by atoms with Crippen molar-refractivity contribution in [1.82, 2.24) is 4.90 Å². The summed E-state index contributed by atoms with van der Waals surface area (Å²) in [5.74, 6) is -2.76. The van der Waals surface area contributed by atoms with Crippen molar-refractivity contribution in [3.05, 3.63) is 70.2 Å². The number of rotatable bonds is 6. The highest BCUT2D eigenvalue weighted by Gasteiger charge is 2.61. The zero-order valence-electron chi connectivity index (χ0n) is 16.1. The summed E-state index contributed by atoms with van der Waals surface area (Å²) in [6, 6.07) is 17.1. The van der Waals surface area contributed by atoms with Crippen molar-refractivity contribution >= 4 is 11.6 Å². The summed E-state index contributed by atoms with van der Waals surface area (Å²) in [6.45, 7) is 1.60. The molecule has 4 rings (SSSR count). The van der Waals surface area contributed by atoms with Gasteiger partial charge in [-0.1, -0.05) is 35.9 Å². The van der Waals surface area contributed by atoms with Crippen LogP contribution in [-0.4, -0.2) is 36.6 Å². The van der Waals surface area contributed by atoms with Gasteiger partial charge in [0.25, 0.3) is 5.92 Å². The van der Waals surface area contributed by atoms with E-state index in [2.05, 4.69) is 11.0 Å². The number of halogens is 3. The Morgan fingerprint density at radius 1 is 1.10 bits per heavy atom. The van der Waals surface area contributed by atoms with Crippen LogP contribution in [-0.2, 0) is 17.7 Å². The first-order valence-corrected chi connectivity index (χ1v) is 10.2. The van der Waals surface area contributed by atoms with Crippen LogP contribution in [0.25, 0.3) is 0 Å². The second kappa shape index (κ2) is 8.02. The summed E-state index contributed by atoms with van der Waals surface area (Å²) in [5, 5.41) is 9.63. The van der Waals surface area contributed by atoms with Crippen molar-refractivity contribution in [3.8, 4) is 6.07 Å². The number of ether oxygens (including phenoxy) is 1. The Kier molecular flexibility index (Phi) is 5.61. The maximum absolute atomic E-state index is 14.3. The van der Waals surface area contributed by atoms with E-state index in [1.807, 2.05) is 36.4 Å². The second-order valence-corrected chi connectivity index (χ2v) is 8.65. The van der Waals surface area contributed by atoms with Crippen molar-refractivity contribution in [3.63, 3.8) is 0 Å². The fourth-order valence-electron chi connectivity index (χ4n) is 4.57. The second-order valence-electron chi connectivity index (χ2n) is 8.21. The number of hydrogen-bond donors (Lipinski definition) is 0. The molecule has 0 amide bonds. The molecule has 0 N–H and O–H groups in total. The van der Waals surface area contributed by atoms with Gasteiger partial charge in [-0.2, -0.15) is 5.26 Å². The van der Waals surface area contributed by atoms with Crippen LogP contribution >= 0.6 is 11.6 Å². The number of nitriles is 1. The predicted octanol–water partition coefficient (Wildman–Crippen LogP) is 5.07. The molecular formula is C23H23ClF2N2O. The molecule has 0 saturated carbocycles. The van der Waals surface area contributed by atoms with Crippen LogP contribution in [0.1, 0.15) is 29.5 Å². The van der Waals surface area contributed by atoms with Crippen LogP contribution in [0.2, 0.25) is 5.02 Å². The van der Waals surface area contributed by atoms with Crippen LogP contribution in [0.4, 0.5) is 8.78 Å². The maximum Gasteiger partial charge on any atom is 0.297 e. The highest BCUT2D eigenvalue weighted by molar-refractivity contribution is 6.30. The molecular weight excluding hydrogens is 394 g/mol. The molecule has 2 saturated heterocycles. The minimum atomic E-state index is -2.76. The van der Waals surface area contributed by atoms with Crippen molar-refractivity contribution in [2.75, 3.05) is 19.7 Å². The van der Waals surface area contributed by atoms with Gasteiger partial charge in [0, 0.05) is 23.5 Å². The lowest BCUT2D eigenvalue weighted by Crippen LogP contribution is -2.61. The average Bonchev–Trinajstić information content (AvgIpc) is 3.11. The fraction of sp³-hybridized carbons (Fsp3) is 0.435. The normalized spacial score (nSPS) is 26.1. The van der Waals surface area contributed by atoms with Crippen molar-refractivity contribution in [1.29, 1.82) is 5.26 Å². The van der Waals surface area contributed by atoms with Gasteiger partial charge in [-0.3, -0.25) is 4.90 Å². The summed E-state index contributed by atoms with van der Waals surface area (Å²) in [5.41, 5.74) is 2.22. The number of aryl methyl sites for hydroxylation is 1. The first-order chi connectivity index (χ1) is 13.9. The summed E-state index contributed by atoms with van der Waals surface area (Å²) in [6.07, 6.45) is 0.993. The van der Waals surface area contributed by atoms with Crippen molar-refractivity contribution in [2.24, 2.45) is 5.41 Å². The molecule has 1 unspecified atom stereocenters. The highest BCUT2D eigenvalue weighted by Crippen LogP contribution is 2.50. The molecule has 0 aromatic heterocycles. The molecule has 2 aromatic rings. The minimum Gasteiger partial charge on any atom is -0.365 e. The lowest BCUT2D eigenvalue weighted by atomic mass is 9.72. The summed E-state index contributed by atoms with van der Waals surface area (Å²) < 4.78 is 34.1. The van der Waals surface area contributed by atoms with E-state index in [0.717, 1.165) is 17.7 Å². The zero-order valence-corrected chi connectivity index (χ0v) is 16.8. The molecule has 2 aromatic carbocycles. The third-order valence-corrected chi connectivity index (χ3v) is 6.41. The lowest BCUT2D eigenvalue weighted by molar-refractivity contribution is -0.301. The molecule has 0 aliphatic carbocycles. The molecule has 2 atom stereocenters. The molecule has 0 spiro atoms. The van der Waals surface area contributed by atoms with Crippen molar-refractivity contribution in [2.45, 2.75) is 37.8 Å². The maximum atomic E-state index is 14.3. The molecule has 0 radical (unpaired) electrons. The summed E-state index contributed by atoms with van der Waals surface area (Å²) in [7, 11) is 0. The lowest BCUT2D eigenvalue weighted by Gasteiger charge is -2.48. The Hall–Kier alpha value is -2.00. The van der Waals surface area contributed by atoms with Gasteiger partial charge in [0.2, 0.25) is 0 Å². The Morgan fingerprint density at radius 2 is 1.79 bits per heavy atom. The van der Waals surface area contributed by atoms with Crippen molar-refractivity contribution < 1.29 is 13.5 Å². The Morgan fingerprint density at radius 3 is 2.38 bits per heavy atom. The standard InChI is InChI=1S/C23H23ClF2N2O/c24-20-7-5-19(6-8-20)14-28-12-11-22(15-28,21-23(25,26)16-29-21)10-9-17-1-3-18(13-27)4-2-17/h1-8,21H,9-12,14-16H2/t21?,22-/m1/s1. The Balaban J connectivity index is 1.48. The van der Waals surface area contributed by atoms with E-state index in [9.17, 15) is 8.78 Å². The quantitative estimate of drug-likeness (QED) is 0.659. The smallest absolute Gasteiger partial charge is 0.297 e. The van der Waals surface area contributed by atoms with E-state index in [0.29, 0.717) is 42.9 Å². The van der Waals surface area contributed by atoms with Gasteiger partial charge in [-0.05, 0) is 61.2 Å².